The van der Waals surface area contributed by atoms with Crippen LogP contribution in [0.25, 0.3) is 0 Å². The van der Waals surface area contributed by atoms with Gasteiger partial charge in [-0.2, -0.15) is 0 Å². The number of hydrogen-bond donors (Lipinski definition) is 0. The molecule has 4 rings (SSSR count). The Kier molecular flexibility index (Phi) is 4.53. The van der Waals surface area contributed by atoms with E-state index in [1.807, 2.05) is 0 Å². The predicted octanol–water partition coefficient (Wildman–Crippen LogP) is 3.05. The molecule has 0 saturated carbocycles. The van der Waals surface area contributed by atoms with Gasteiger partial charge in [0.05, 0.1) is 0 Å². The Morgan fingerprint density at radius 1 is 0.333 bits per heavy atom. The van der Waals surface area contributed by atoms with Crippen LogP contribution in [0.2, 0.25) is 0 Å². The Hall–Kier alpha value is 0.270. The molecule has 0 spiro atoms. The first-order chi connectivity index (χ1) is 10.4. The fourth-order valence-electron chi connectivity index (χ4n) is 4.95. The summed E-state index contributed by atoms with van der Waals surface area (Å²) in [5.74, 6) is 0. The summed E-state index contributed by atoms with van der Waals surface area (Å²) >= 11 is 0. The normalized spacial score (nSPS) is 30.9. The van der Waals surface area contributed by atoms with Gasteiger partial charge >= 0.3 is 7.87 Å². The molecular weight excluding hydrogens is 279 g/mol. The van der Waals surface area contributed by atoms with E-state index in [-0.39, 0.29) is 0 Å². The Labute approximate surface area is 131 Å². The summed E-state index contributed by atoms with van der Waals surface area (Å²) in [6, 6.07) is 0. The van der Waals surface area contributed by atoms with Gasteiger partial charge in [-0.3, -0.25) is 0 Å². The van der Waals surface area contributed by atoms with Crippen LogP contribution in [0.5, 0.6) is 0 Å². The van der Waals surface area contributed by atoms with Gasteiger partial charge in [-0.1, -0.05) is 0 Å². The molecule has 4 fully saturated rings. The van der Waals surface area contributed by atoms with Crippen molar-refractivity contribution in [2.45, 2.75) is 51.4 Å². The maximum atomic E-state index is 2.97. The van der Waals surface area contributed by atoms with E-state index in [0.717, 1.165) is 0 Å². The van der Waals surface area contributed by atoms with Gasteiger partial charge in [0.25, 0.3) is 0 Å². The maximum Gasteiger partial charge on any atom is 0.308 e. The fourth-order valence-corrected chi connectivity index (χ4v) is 10.4. The van der Waals surface area contributed by atoms with E-state index in [9.17, 15) is 0 Å². The lowest BCUT2D eigenvalue weighted by Crippen LogP contribution is -2.50. The van der Waals surface area contributed by atoms with Crippen molar-refractivity contribution < 1.29 is 0 Å². The number of rotatable bonds is 4. The average molecular weight is 311 g/mol. The van der Waals surface area contributed by atoms with Crippen molar-refractivity contribution in [2.75, 3.05) is 52.4 Å². The third-order valence-electron chi connectivity index (χ3n) is 5.85. The smallest absolute Gasteiger partial charge is 0.133 e. The molecule has 0 amide bonds. The molecule has 0 bridgehead atoms. The van der Waals surface area contributed by atoms with Crippen LogP contribution in [-0.2, 0) is 0 Å². The minimum absolute atomic E-state index is 1.35. The van der Waals surface area contributed by atoms with Gasteiger partial charge in [0.2, 0.25) is 0 Å². The fraction of sp³-hybridized carbons (Fsp3) is 1.00. The van der Waals surface area contributed by atoms with Crippen molar-refractivity contribution in [3.8, 4) is 0 Å². The second kappa shape index (κ2) is 6.41. The molecule has 0 N–H and O–H groups in total. The van der Waals surface area contributed by atoms with Crippen LogP contribution in [0.1, 0.15) is 51.4 Å². The molecule has 0 atom stereocenters. The lowest BCUT2D eigenvalue weighted by molar-refractivity contribution is 0.302. The van der Waals surface area contributed by atoms with Crippen LogP contribution in [0.3, 0.4) is 0 Å². The molecule has 4 aliphatic heterocycles. The minimum atomic E-state index is -1.35. The van der Waals surface area contributed by atoms with Gasteiger partial charge in [0, 0.05) is 52.4 Å². The van der Waals surface area contributed by atoms with E-state index >= 15 is 0 Å². The Morgan fingerprint density at radius 3 is 0.714 bits per heavy atom. The summed E-state index contributed by atoms with van der Waals surface area (Å²) < 4.78 is 11.9. The van der Waals surface area contributed by atoms with Crippen LogP contribution < -0.4 is 0 Å². The Bertz CT molecular complexity index is 271. The summed E-state index contributed by atoms with van der Waals surface area (Å²) in [5, 5.41) is 0. The van der Waals surface area contributed by atoms with E-state index < -0.39 is 7.87 Å². The van der Waals surface area contributed by atoms with E-state index in [1.165, 1.54) is 104 Å². The molecule has 4 nitrogen and oxygen atoms in total. The van der Waals surface area contributed by atoms with Crippen molar-refractivity contribution in [2.24, 2.45) is 0 Å². The molecule has 0 unspecified atom stereocenters. The lowest BCUT2D eigenvalue weighted by atomic mass is 10.4. The highest BCUT2D eigenvalue weighted by molar-refractivity contribution is 7.66. The van der Waals surface area contributed by atoms with Gasteiger partial charge in [-0.05, 0) is 51.4 Å². The first-order valence-electron chi connectivity index (χ1n) is 9.33. The van der Waals surface area contributed by atoms with Gasteiger partial charge < -0.3 is 0 Å². The van der Waals surface area contributed by atoms with E-state index in [2.05, 4.69) is 18.7 Å². The van der Waals surface area contributed by atoms with Crippen LogP contribution in [0.4, 0.5) is 0 Å². The summed E-state index contributed by atoms with van der Waals surface area (Å²) in [6.45, 7) is 10.9. The minimum Gasteiger partial charge on any atom is -0.133 e. The van der Waals surface area contributed by atoms with Crippen molar-refractivity contribution >= 4 is 7.87 Å². The van der Waals surface area contributed by atoms with E-state index in [4.69, 9.17) is 0 Å². The Morgan fingerprint density at radius 2 is 0.524 bits per heavy atom. The van der Waals surface area contributed by atoms with E-state index in [1.54, 1.807) is 0 Å². The monoisotopic (exact) mass is 311 g/mol. The average Bonchev–Trinajstić information content (AvgIpc) is 3.32. The second-order valence-electron chi connectivity index (χ2n) is 7.18. The van der Waals surface area contributed by atoms with Gasteiger partial charge in [-0.25, -0.2) is 0 Å². The predicted molar refractivity (Wildman–Crippen MR) is 90.1 cm³/mol. The molecule has 0 radical (unpaired) electrons. The molecule has 21 heavy (non-hydrogen) atoms. The van der Waals surface area contributed by atoms with Crippen molar-refractivity contribution in [1.82, 2.24) is 18.7 Å². The first-order valence-corrected chi connectivity index (χ1v) is 10.9. The first kappa shape index (κ1) is 14.8. The van der Waals surface area contributed by atoms with Crippen LogP contribution >= 0.6 is 7.87 Å². The molecule has 0 aromatic rings. The summed E-state index contributed by atoms with van der Waals surface area (Å²) in [6.07, 6.45) is 11.4. The standard InChI is InChI=1S/C16H32N4P/c1-2-10-17(9-1)21(18-11-3-4-12-18,19-13-5-6-14-19)20-15-7-8-16-20/h1-16H2/q+1. The summed E-state index contributed by atoms with van der Waals surface area (Å²) in [7, 11) is -1.35. The Balaban J connectivity index is 1.71. The van der Waals surface area contributed by atoms with Gasteiger partial charge in [0.1, 0.15) is 0 Å². The SMILES string of the molecule is C1CCN([P+](N2CCCC2)(N2CCCC2)N2CCCC2)C1. The molecule has 4 heterocycles. The molecule has 5 heteroatoms. The van der Waals surface area contributed by atoms with Crippen molar-refractivity contribution in [3.05, 3.63) is 0 Å². The molecular formula is C16H32N4P+. The zero-order valence-corrected chi connectivity index (χ0v) is 14.4. The maximum absolute atomic E-state index is 2.97. The van der Waals surface area contributed by atoms with E-state index in [0.29, 0.717) is 0 Å². The third kappa shape index (κ3) is 2.48. The van der Waals surface area contributed by atoms with Crippen LogP contribution in [-0.4, -0.2) is 71.0 Å². The zero-order valence-electron chi connectivity index (χ0n) is 13.5. The molecule has 4 aliphatic rings. The molecule has 0 aromatic heterocycles. The van der Waals surface area contributed by atoms with Gasteiger partial charge in [0.15, 0.2) is 0 Å². The number of hydrogen-bond acceptors (Lipinski definition) is 4. The van der Waals surface area contributed by atoms with Crippen molar-refractivity contribution in [3.63, 3.8) is 0 Å². The highest BCUT2D eigenvalue weighted by atomic mass is 31.2. The van der Waals surface area contributed by atoms with Gasteiger partial charge in [-0.15, -0.1) is 18.7 Å². The van der Waals surface area contributed by atoms with Crippen LogP contribution in [0.15, 0.2) is 0 Å². The summed E-state index contributed by atoms with van der Waals surface area (Å²) in [4.78, 5) is 0. The van der Waals surface area contributed by atoms with Crippen LogP contribution in [0, 0.1) is 0 Å². The molecule has 0 aliphatic carbocycles. The number of nitrogens with zero attached hydrogens (tertiary/aromatic N) is 4. The largest absolute Gasteiger partial charge is 0.308 e. The third-order valence-corrected chi connectivity index (χ3v) is 10.5. The highest BCUT2D eigenvalue weighted by Gasteiger charge is 2.63. The quantitative estimate of drug-likeness (QED) is 0.740. The molecule has 0 aromatic carbocycles. The summed E-state index contributed by atoms with van der Waals surface area (Å²) in [5.41, 5.74) is 0. The molecule has 120 valence electrons. The van der Waals surface area contributed by atoms with Crippen molar-refractivity contribution in [1.29, 1.82) is 0 Å². The second-order valence-corrected chi connectivity index (χ2v) is 10.5. The highest BCUT2D eigenvalue weighted by Crippen LogP contribution is 2.72. The lowest BCUT2D eigenvalue weighted by Gasteiger charge is -2.47. The topological polar surface area (TPSA) is 13.0 Å². The molecule has 4 saturated heterocycles. The zero-order chi connectivity index (χ0) is 14.1.